The molecule has 0 bridgehead atoms. The summed E-state index contributed by atoms with van der Waals surface area (Å²) in [6.45, 7) is 24.1. The van der Waals surface area contributed by atoms with Gasteiger partial charge < -0.3 is 15.0 Å². The maximum Gasteiger partial charge on any atom is 0.109 e. The van der Waals surface area contributed by atoms with Crippen LogP contribution in [0.15, 0.2) is 60.7 Å². The van der Waals surface area contributed by atoms with E-state index >= 15 is 0 Å². The number of allylic oxidation sites excluding steroid dienone is 2. The van der Waals surface area contributed by atoms with E-state index in [1.54, 1.807) is 12.1 Å². The molecule has 214 valence electrons. The molecule has 0 saturated carbocycles. The van der Waals surface area contributed by atoms with Crippen LogP contribution in [0, 0.1) is 13.0 Å². The van der Waals surface area contributed by atoms with Crippen molar-refractivity contribution in [3.63, 3.8) is 0 Å². The molecule has 5 heteroatoms. The molecule has 1 atom stereocenters. The van der Waals surface area contributed by atoms with Gasteiger partial charge in [-0.1, -0.05) is 71.4 Å². The largest absolute Gasteiger partial charge is 0.366 e. The number of carbonyl (C=O) groups is 1. The summed E-state index contributed by atoms with van der Waals surface area (Å²) in [4.78, 5) is 15.4. The average molecular weight is 693 g/mol. The van der Waals surface area contributed by atoms with Crippen LogP contribution < -0.4 is 10.2 Å². The molecular formula is C33H54N3OW-. The third kappa shape index (κ3) is 17.5. The number of carbonyl (C=O) groups excluding carboxylic acids is 1. The van der Waals surface area contributed by atoms with Gasteiger partial charge in [0.15, 0.2) is 0 Å². The zero-order valence-corrected chi connectivity index (χ0v) is 27.4. The van der Waals surface area contributed by atoms with Gasteiger partial charge in [0.05, 0.1) is 0 Å². The smallest absolute Gasteiger partial charge is 0.109 e. The minimum absolute atomic E-state index is 0. The number of aldehydes is 1. The van der Waals surface area contributed by atoms with E-state index in [4.69, 9.17) is 0 Å². The van der Waals surface area contributed by atoms with Gasteiger partial charge in [-0.3, -0.25) is 4.90 Å². The van der Waals surface area contributed by atoms with Gasteiger partial charge in [0.25, 0.3) is 0 Å². The van der Waals surface area contributed by atoms with Gasteiger partial charge in [-0.2, -0.15) is 5.56 Å². The molecule has 0 aliphatic carbocycles. The molecule has 1 heterocycles. The number of nitrogens with one attached hydrogen (secondary N) is 1. The summed E-state index contributed by atoms with van der Waals surface area (Å²) in [6.07, 6.45) is 5.88. The molecule has 0 radical (unpaired) electrons. The van der Waals surface area contributed by atoms with E-state index in [9.17, 15) is 4.79 Å². The number of benzene rings is 2. The summed E-state index contributed by atoms with van der Waals surface area (Å²) in [5, 5.41) is 3.22. The molecule has 1 unspecified atom stereocenters. The van der Waals surface area contributed by atoms with Crippen LogP contribution in [-0.4, -0.2) is 57.0 Å². The molecule has 1 aliphatic heterocycles. The van der Waals surface area contributed by atoms with Crippen LogP contribution in [0.4, 0.5) is 5.69 Å². The van der Waals surface area contributed by atoms with Crippen LogP contribution in [0.5, 0.6) is 0 Å². The number of anilines is 1. The predicted molar refractivity (Wildman–Crippen MR) is 167 cm³/mol. The Bertz CT molecular complexity index is 880. The molecule has 0 spiro atoms. The van der Waals surface area contributed by atoms with Crippen LogP contribution >= 0.6 is 0 Å². The Morgan fingerprint density at radius 3 is 2.32 bits per heavy atom. The SMILES string of the molecule is C.C=C(C)/C=C\c1[c-]cc(C=O)cc1.CC.CCC.CNCCN1CCN(c2cccc(C)c2)C(C)C1.[W]. The Balaban J connectivity index is -0.000000544. The molecule has 38 heavy (non-hydrogen) atoms. The summed E-state index contributed by atoms with van der Waals surface area (Å²) in [7, 11) is 2.02. The fourth-order valence-corrected chi connectivity index (χ4v) is 3.55. The van der Waals surface area contributed by atoms with Gasteiger partial charge in [-0.05, 0) is 45.5 Å². The molecule has 2 aromatic carbocycles. The fraction of sp³-hybridized carbons (Fsp3) is 0.485. The molecular weight excluding hydrogens is 638 g/mol. The predicted octanol–water partition coefficient (Wildman–Crippen LogP) is 7.69. The Hall–Kier alpha value is -2.00. The monoisotopic (exact) mass is 692 g/mol. The van der Waals surface area contributed by atoms with E-state index in [0.717, 1.165) is 43.6 Å². The molecule has 4 nitrogen and oxygen atoms in total. The van der Waals surface area contributed by atoms with E-state index in [1.165, 1.54) is 24.2 Å². The number of rotatable bonds is 7. The maximum absolute atomic E-state index is 10.3. The standard InChI is InChI=1S/C15H25N3.C12H11O.C3H8.C2H6.CH4.W/c1-13-5-4-6-15(11-13)18-10-9-17(8-7-16-3)12-14(18)2;1-10(2)3-4-11-5-7-12(9-13)8-6-11;1-3-2;1-2;;/h4-6,11,14,16H,7-10,12H2,1-3H3;3-5,7-9H,1H2,2H3;3H2,1-2H3;1-2H3;1H4;/q;-1;;;;/b;4-3-;;;;. The number of aryl methyl sites for hydroxylation is 1. The van der Waals surface area contributed by atoms with E-state index < -0.39 is 0 Å². The fourth-order valence-electron chi connectivity index (χ4n) is 3.55. The molecule has 1 saturated heterocycles. The third-order valence-electron chi connectivity index (χ3n) is 5.27. The zero-order chi connectivity index (χ0) is 27.3. The van der Waals surface area contributed by atoms with Crippen molar-refractivity contribution in [1.82, 2.24) is 10.2 Å². The number of piperazine rings is 1. The first-order valence-corrected chi connectivity index (χ1v) is 13.3. The molecule has 3 rings (SSSR count). The van der Waals surface area contributed by atoms with Gasteiger partial charge in [0.1, 0.15) is 6.29 Å². The maximum atomic E-state index is 10.3. The second-order valence-electron chi connectivity index (χ2n) is 8.87. The molecule has 1 aliphatic rings. The van der Waals surface area contributed by atoms with E-state index in [0.29, 0.717) is 11.6 Å². The van der Waals surface area contributed by atoms with Crippen LogP contribution in [0.1, 0.15) is 76.9 Å². The van der Waals surface area contributed by atoms with Crippen molar-refractivity contribution < 1.29 is 25.9 Å². The van der Waals surface area contributed by atoms with Crippen molar-refractivity contribution in [2.75, 3.05) is 44.7 Å². The van der Waals surface area contributed by atoms with Crippen LogP contribution in [0.25, 0.3) is 6.08 Å². The summed E-state index contributed by atoms with van der Waals surface area (Å²) >= 11 is 0. The van der Waals surface area contributed by atoms with E-state index in [-0.39, 0.29) is 28.5 Å². The van der Waals surface area contributed by atoms with Gasteiger partial charge in [-0.25, -0.2) is 0 Å². The van der Waals surface area contributed by atoms with Gasteiger partial charge in [-0.15, -0.1) is 36.4 Å². The second kappa shape index (κ2) is 25.3. The normalized spacial score (nSPS) is 14.2. The minimum Gasteiger partial charge on any atom is -0.366 e. The summed E-state index contributed by atoms with van der Waals surface area (Å²) in [5.41, 5.74) is 5.31. The molecule has 1 fully saturated rings. The zero-order valence-electron chi connectivity index (χ0n) is 24.5. The van der Waals surface area contributed by atoms with Crippen LogP contribution in [0.3, 0.4) is 0 Å². The van der Waals surface area contributed by atoms with Gasteiger partial charge >= 0.3 is 0 Å². The van der Waals surface area contributed by atoms with Crippen LogP contribution in [0.2, 0.25) is 0 Å². The Morgan fingerprint density at radius 2 is 1.84 bits per heavy atom. The van der Waals surface area contributed by atoms with E-state index in [2.05, 4.69) is 79.7 Å². The van der Waals surface area contributed by atoms with Crippen molar-refractivity contribution in [3.05, 3.63) is 83.4 Å². The average Bonchev–Trinajstić information content (AvgIpc) is 2.88. The van der Waals surface area contributed by atoms with Crippen molar-refractivity contribution in [1.29, 1.82) is 0 Å². The van der Waals surface area contributed by atoms with Crippen molar-refractivity contribution in [3.8, 4) is 0 Å². The minimum atomic E-state index is 0. The molecule has 2 aromatic rings. The Labute approximate surface area is 249 Å². The quantitative estimate of drug-likeness (QED) is 0.184. The topological polar surface area (TPSA) is 35.6 Å². The van der Waals surface area contributed by atoms with Gasteiger partial charge in [0.2, 0.25) is 0 Å². The number of hydrogen-bond donors (Lipinski definition) is 1. The Kier molecular flexibility index (Phi) is 26.9. The number of nitrogens with zero attached hydrogens (tertiary/aromatic N) is 2. The summed E-state index contributed by atoms with van der Waals surface area (Å²) < 4.78 is 0. The second-order valence-corrected chi connectivity index (χ2v) is 8.87. The number of likely N-dealkylation sites (N-methyl/N-ethyl adjacent to an activating group) is 1. The molecule has 0 amide bonds. The number of hydrogen-bond acceptors (Lipinski definition) is 4. The van der Waals surface area contributed by atoms with E-state index in [1.807, 2.05) is 46.0 Å². The summed E-state index contributed by atoms with van der Waals surface area (Å²) in [5.74, 6) is 0. The first-order valence-electron chi connectivity index (χ1n) is 13.3. The van der Waals surface area contributed by atoms with Crippen molar-refractivity contribution >= 4 is 18.0 Å². The van der Waals surface area contributed by atoms with Crippen LogP contribution in [-0.2, 0) is 21.1 Å². The molecule has 1 N–H and O–H groups in total. The summed E-state index contributed by atoms with van der Waals surface area (Å²) in [6, 6.07) is 17.7. The first kappa shape index (κ1) is 40.5. The van der Waals surface area contributed by atoms with Crippen molar-refractivity contribution in [2.45, 2.75) is 68.4 Å². The molecule has 0 aromatic heterocycles. The van der Waals surface area contributed by atoms with Gasteiger partial charge in [0, 0.05) is 65.5 Å². The Morgan fingerprint density at radius 1 is 1.18 bits per heavy atom. The van der Waals surface area contributed by atoms with Crippen molar-refractivity contribution in [2.24, 2.45) is 0 Å². The first-order chi connectivity index (χ1) is 17.3. The third-order valence-corrected chi connectivity index (χ3v) is 5.27.